The summed E-state index contributed by atoms with van der Waals surface area (Å²) >= 11 is 1.61. The van der Waals surface area contributed by atoms with E-state index in [0.717, 1.165) is 21.0 Å². The maximum absolute atomic E-state index is 13.0. The number of thiophene rings is 1. The molecular weight excluding hydrogens is 410 g/mol. The van der Waals surface area contributed by atoms with Gasteiger partial charge in [0.2, 0.25) is 5.91 Å². The fraction of sp³-hybridized carbons (Fsp3) is 0.174. The molecule has 7 nitrogen and oxygen atoms in total. The molecule has 3 aromatic heterocycles. The van der Waals surface area contributed by atoms with Crippen molar-refractivity contribution >= 4 is 28.8 Å². The van der Waals surface area contributed by atoms with Gasteiger partial charge in [-0.15, -0.1) is 11.3 Å². The number of amides is 2. The molecule has 3 heterocycles. The fourth-order valence-electron chi connectivity index (χ4n) is 3.30. The van der Waals surface area contributed by atoms with Crippen LogP contribution < -0.4 is 10.6 Å². The lowest BCUT2D eigenvalue weighted by molar-refractivity contribution is -0.116. The fourth-order valence-corrected chi connectivity index (χ4v) is 4.42. The van der Waals surface area contributed by atoms with Gasteiger partial charge < -0.3 is 15.2 Å². The molecule has 2 N–H and O–H groups in total. The zero-order valence-corrected chi connectivity index (χ0v) is 18.1. The van der Waals surface area contributed by atoms with Crippen molar-refractivity contribution in [3.05, 3.63) is 88.8 Å². The highest BCUT2D eigenvalue weighted by Crippen LogP contribution is 2.31. The van der Waals surface area contributed by atoms with E-state index in [1.807, 2.05) is 67.2 Å². The van der Waals surface area contributed by atoms with Gasteiger partial charge in [-0.3, -0.25) is 14.3 Å². The zero-order valence-electron chi connectivity index (χ0n) is 17.3. The number of benzene rings is 1. The van der Waals surface area contributed by atoms with E-state index in [-0.39, 0.29) is 18.4 Å². The summed E-state index contributed by atoms with van der Waals surface area (Å²) in [5.74, 6) is -0.274. The van der Waals surface area contributed by atoms with Gasteiger partial charge in [0.05, 0.1) is 5.56 Å². The third kappa shape index (κ3) is 4.75. The Morgan fingerprint density at radius 1 is 1.06 bits per heavy atom. The van der Waals surface area contributed by atoms with Crippen molar-refractivity contribution in [1.29, 1.82) is 0 Å². The highest BCUT2D eigenvalue weighted by Gasteiger charge is 2.20. The minimum atomic E-state index is -0.161. The molecule has 0 saturated heterocycles. The first kappa shape index (κ1) is 20.6. The monoisotopic (exact) mass is 433 g/mol. The summed E-state index contributed by atoms with van der Waals surface area (Å²) in [7, 11) is 0. The molecule has 0 saturated carbocycles. The SMILES string of the molecule is Cc1sc(-n2cccc2)c(C(=O)NCc2cccc(NC(=O)Cn3cccn3)c2)c1C. The number of hydrogen-bond acceptors (Lipinski definition) is 4. The maximum Gasteiger partial charge on any atom is 0.254 e. The van der Waals surface area contributed by atoms with E-state index in [1.54, 1.807) is 34.5 Å². The summed E-state index contributed by atoms with van der Waals surface area (Å²) in [5.41, 5.74) is 3.27. The first-order valence-corrected chi connectivity index (χ1v) is 10.7. The third-order valence-corrected chi connectivity index (χ3v) is 6.18. The molecule has 0 aliphatic heterocycles. The minimum absolute atomic E-state index is 0.112. The predicted molar refractivity (Wildman–Crippen MR) is 122 cm³/mol. The molecule has 8 heteroatoms. The molecule has 0 radical (unpaired) electrons. The van der Waals surface area contributed by atoms with Crippen molar-refractivity contribution in [1.82, 2.24) is 19.7 Å². The lowest BCUT2D eigenvalue weighted by Gasteiger charge is -2.10. The average molecular weight is 434 g/mol. The van der Waals surface area contributed by atoms with Crippen molar-refractivity contribution in [3.8, 4) is 5.00 Å². The van der Waals surface area contributed by atoms with Gasteiger partial charge in [0.15, 0.2) is 0 Å². The van der Waals surface area contributed by atoms with Crippen LogP contribution in [0.25, 0.3) is 5.00 Å². The quantitative estimate of drug-likeness (QED) is 0.464. The summed E-state index contributed by atoms with van der Waals surface area (Å²) in [5, 5.41) is 10.8. The number of nitrogens with zero attached hydrogens (tertiary/aromatic N) is 3. The highest BCUT2D eigenvalue weighted by molar-refractivity contribution is 7.15. The Kier molecular flexibility index (Phi) is 5.99. The van der Waals surface area contributed by atoms with E-state index >= 15 is 0 Å². The molecule has 0 atom stereocenters. The first-order chi connectivity index (χ1) is 15.0. The minimum Gasteiger partial charge on any atom is -0.348 e. The van der Waals surface area contributed by atoms with Crippen molar-refractivity contribution in [2.75, 3.05) is 5.32 Å². The molecule has 4 rings (SSSR count). The van der Waals surface area contributed by atoms with Crippen LogP contribution in [0.3, 0.4) is 0 Å². The van der Waals surface area contributed by atoms with Crippen LogP contribution in [0.15, 0.2) is 67.3 Å². The van der Waals surface area contributed by atoms with Crippen LogP contribution >= 0.6 is 11.3 Å². The molecule has 31 heavy (non-hydrogen) atoms. The van der Waals surface area contributed by atoms with Gasteiger partial charge in [0, 0.05) is 41.9 Å². The van der Waals surface area contributed by atoms with E-state index in [0.29, 0.717) is 17.8 Å². The third-order valence-electron chi connectivity index (χ3n) is 4.96. The van der Waals surface area contributed by atoms with Crippen molar-refractivity contribution in [3.63, 3.8) is 0 Å². The molecule has 0 aliphatic carbocycles. The van der Waals surface area contributed by atoms with Gasteiger partial charge >= 0.3 is 0 Å². The Labute approximate surface area is 184 Å². The zero-order chi connectivity index (χ0) is 21.8. The van der Waals surface area contributed by atoms with Crippen LogP contribution in [-0.4, -0.2) is 26.2 Å². The number of nitrogens with one attached hydrogen (secondary N) is 2. The van der Waals surface area contributed by atoms with Gasteiger partial charge in [-0.1, -0.05) is 12.1 Å². The van der Waals surface area contributed by atoms with Crippen LogP contribution in [-0.2, 0) is 17.9 Å². The number of carbonyl (C=O) groups excluding carboxylic acids is 2. The summed E-state index contributed by atoms with van der Waals surface area (Å²) in [6, 6.07) is 13.1. The van der Waals surface area contributed by atoms with Gasteiger partial charge in [-0.2, -0.15) is 5.10 Å². The normalized spacial score (nSPS) is 10.8. The molecule has 1 aromatic carbocycles. The van der Waals surface area contributed by atoms with Crippen molar-refractivity contribution in [2.45, 2.75) is 26.9 Å². The van der Waals surface area contributed by atoms with Crippen LogP contribution in [0.4, 0.5) is 5.69 Å². The average Bonchev–Trinajstić information content (AvgIpc) is 3.50. The van der Waals surface area contributed by atoms with Crippen LogP contribution in [0.2, 0.25) is 0 Å². The second-order valence-corrected chi connectivity index (χ2v) is 8.39. The maximum atomic E-state index is 13.0. The first-order valence-electron chi connectivity index (χ1n) is 9.89. The summed E-state index contributed by atoms with van der Waals surface area (Å²) < 4.78 is 3.53. The Morgan fingerprint density at radius 3 is 2.61 bits per heavy atom. The van der Waals surface area contributed by atoms with Gasteiger partial charge in [0.25, 0.3) is 5.91 Å². The molecule has 4 aromatic rings. The second-order valence-electron chi connectivity index (χ2n) is 7.19. The summed E-state index contributed by atoms with van der Waals surface area (Å²) in [4.78, 5) is 26.3. The molecular formula is C23H23N5O2S. The number of carbonyl (C=O) groups is 2. The van der Waals surface area contributed by atoms with E-state index in [1.165, 1.54) is 0 Å². The number of aryl methyl sites for hydroxylation is 1. The molecule has 0 spiro atoms. The number of rotatable bonds is 7. The largest absolute Gasteiger partial charge is 0.348 e. The van der Waals surface area contributed by atoms with E-state index in [2.05, 4.69) is 15.7 Å². The molecule has 0 aliphatic rings. The van der Waals surface area contributed by atoms with E-state index in [9.17, 15) is 9.59 Å². The molecule has 0 fully saturated rings. The Balaban J connectivity index is 1.42. The predicted octanol–water partition coefficient (Wildman–Crippen LogP) is 3.92. The van der Waals surface area contributed by atoms with Crippen molar-refractivity contribution in [2.24, 2.45) is 0 Å². The van der Waals surface area contributed by atoms with E-state index in [4.69, 9.17) is 0 Å². The van der Waals surface area contributed by atoms with Crippen LogP contribution in [0, 0.1) is 13.8 Å². The van der Waals surface area contributed by atoms with Gasteiger partial charge in [-0.25, -0.2) is 0 Å². The standard InChI is InChI=1S/C23H23N5O2S/c1-16-17(2)31-23(27-10-3-4-11-27)21(16)22(30)24-14-18-7-5-8-19(13-18)26-20(29)15-28-12-6-9-25-28/h3-13H,14-15H2,1-2H3,(H,24,30)(H,26,29). The Morgan fingerprint density at radius 2 is 1.87 bits per heavy atom. The van der Waals surface area contributed by atoms with Gasteiger partial charge in [0.1, 0.15) is 11.5 Å². The van der Waals surface area contributed by atoms with Crippen molar-refractivity contribution < 1.29 is 9.59 Å². The highest BCUT2D eigenvalue weighted by atomic mass is 32.1. The van der Waals surface area contributed by atoms with Gasteiger partial charge in [-0.05, 0) is 55.3 Å². The number of anilines is 1. The summed E-state index contributed by atoms with van der Waals surface area (Å²) in [6.45, 7) is 4.51. The second kappa shape index (κ2) is 9.01. The number of aromatic nitrogens is 3. The Hall–Kier alpha value is -3.65. The molecule has 0 bridgehead atoms. The lowest BCUT2D eigenvalue weighted by atomic mass is 10.1. The van der Waals surface area contributed by atoms with Crippen LogP contribution in [0.1, 0.15) is 26.4 Å². The smallest absolute Gasteiger partial charge is 0.254 e. The lowest BCUT2D eigenvalue weighted by Crippen LogP contribution is -2.24. The Bertz CT molecular complexity index is 1190. The number of hydrogen-bond donors (Lipinski definition) is 2. The van der Waals surface area contributed by atoms with Crippen LogP contribution in [0.5, 0.6) is 0 Å². The molecule has 2 amide bonds. The molecule has 0 unspecified atom stereocenters. The molecule has 158 valence electrons. The topological polar surface area (TPSA) is 81.0 Å². The van der Waals surface area contributed by atoms with E-state index < -0.39 is 0 Å². The summed E-state index contributed by atoms with van der Waals surface area (Å²) in [6.07, 6.45) is 7.25.